The van der Waals surface area contributed by atoms with Gasteiger partial charge in [-0.15, -0.1) is 5.06 Å². The number of carbonyl (C=O) groups is 3. The highest BCUT2D eigenvalue weighted by Gasteiger charge is 2.58. The number of nitro benzene ring substituents is 1. The van der Waals surface area contributed by atoms with Gasteiger partial charge >= 0.3 is 5.97 Å². The van der Waals surface area contributed by atoms with Crippen LogP contribution in [0.2, 0.25) is 0 Å². The minimum absolute atomic E-state index is 0.00126. The third-order valence-corrected chi connectivity index (χ3v) is 7.08. The molecule has 0 saturated carbocycles. The van der Waals surface area contributed by atoms with Crippen molar-refractivity contribution in [3.63, 3.8) is 0 Å². The van der Waals surface area contributed by atoms with E-state index >= 15 is 0 Å². The topological polar surface area (TPSA) is 119 Å². The van der Waals surface area contributed by atoms with Crippen LogP contribution in [-0.4, -0.2) is 40.0 Å². The maximum atomic E-state index is 12.4. The SMILES string of the molecule is CC1(C)c2ccccc2N(CCCC(=O)ON2C(=O)CCC2=O)C12C=Cc1cc([N+](=O)[O-])ccc1O2. The molecule has 2 aromatic rings. The lowest BCUT2D eigenvalue weighted by Crippen LogP contribution is -2.59. The van der Waals surface area contributed by atoms with Gasteiger partial charge in [0.15, 0.2) is 0 Å². The molecule has 1 spiro atoms. The number of carbonyl (C=O) groups excluding carboxylic acids is 3. The number of imide groups is 1. The Balaban J connectivity index is 1.40. The van der Waals surface area contributed by atoms with Gasteiger partial charge < -0.3 is 14.5 Å². The second-order valence-electron chi connectivity index (χ2n) is 9.55. The predicted molar refractivity (Wildman–Crippen MR) is 129 cm³/mol. The van der Waals surface area contributed by atoms with Gasteiger partial charge in [0.1, 0.15) is 5.75 Å². The quantitative estimate of drug-likeness (QED) is 0.339. The number of hydrogen-bond acceptors (Lipinski definition) is 8. The molecule has 10 heteroatoms. The second-order valence-corrected chi connectivity index (χ2v) is 9.55. The van der Waals surface area contributed by atoms with Crippen LogP contribution < -0.4 is 9.64 Å². The number of para-hydroxylation sites is 1. The molecular formula is C26H25N3O7. The molecule has 0 bridgehead atoms. The third-order valence-electron chi connectivity index (χ3n) is 7.08. The van der Waals surface area contributed by atoms with Crippen LogP contribution in [0.3, 0.4) is 0 Å². The summed E-state index contributed by atoms with van der Waals surface area (Å²) in [6, 6.07) is 12.4. The molecule has 186 valence electrons. The van der Waals surface area contributed by atoms with Crippen molar-refractivity contribution in [2.24, 2.45) is 0 Å². The lowest BCUT2D eigenvalue weighted by atomic mass is 9.76. The lowest BCUT2D eigenvalue weighted by Gasteiger charge is -2.47. The molecule has 2 amide bonds. The lowest BCUT2D eigenvalue weighted by molar-refractivity contribution is -0.384. The van der Waals surface area contributed by atoms with Crippen molar-refractivity contribution >= 4 is 35.2 Å². The van der Waals surface area contributed by atoms with Gasteiger partial charge in [-0.05, 0) is 50.1 Å². The minimum Gasteiger partial charge on any atom is -0.463 e. The Morgan fingerprint density at radius 1 is 1.14 bits per heavy atom. The van der Waals surface area contributed by atoms with E-state index in [1.54, 1.807) is 6.07 Å². The summed E-state index contributed by atoms with van der Waals surface area (Å²) >= 11 is 0. The van der Waals surface area contributed by atoms with Crippen molar-refractivity contribution in [1.82, 2.24) is 5.06 Å². The van der Waals surface area contributed by atoms with Gasteiger partial charge in [0.2, 0.25) is 5.72 Å². The van der Waals surface area contributed by atoms with Crippen LogP contribution >= 0.6 is 0 Å². The van der Waals surface area contributed by atoms with Crippen LogP contribution in [0.5, 0.6) is 5.75 Å². The first-order valence-electron chi connectivity index (χ1n) is 11.7. The molecule has 0 aliphatic carbocycles. The maximum Gasteiger partial charge on any atom is 0.333 e. The monoisotopic (exact) mass is 491 g/mol. The van der Waals surface area contributed by atoms with Crippen molar-refractivity contribution in [3.8, 4) is 5.75 Å². The minimum atomic E-state index is -0.940. The summed E-state index contributed by atoms with van der Waals surface area (Å²) in [4.78, 5) is 53.7. The van der Waals surface area contributed by atoms with E-state index in [-0.39, 0.29) is 24.9 Å². The maximum absolute atomic E-state index is 12.4. The van der Waals surface area contributed by atoms with E-state index in [0.717, 1.165) is 11.3 Å². The standard InChI is InChI=1S/C26H25N3O7/c1-25(2)19-6-3-4-7-20(19)27(15-5-8-24(32)36-28-22(30)11-12-23(28)31)26(25)14-13-17-16-18(29(33)34)9-10-21(17)35-26/h3-4,6-7,9-10,13-14,16H,5,8,11-12,15H2,1-2H3. The third kappa shape index (κ3) is 3.60. The van der Waals surface area contributed by atoms with Crippen molar-refractivity contribution in [1.29, 1.82) is 0 Å². The number of ether oxygens (including phenoxy) is 1. The zero-order valence-corrected chi connectivity index (χ0v) is 19.9. The molecule has 1 saturated heterocycles. The van der Waals surface area contributed by atoms with Gasteiger partial charge in [-0.3, -0.25) is 19.7 Å². The first-order valence-corrected chi connectivity index (χ1v) is 11.7. The van der Waals surface area contributed by atoms with Gasteiger partial charge in [-0.1, -0.05) is 18.2 Å². The van der Waals surface area contributed by atoms with Crippen LogP contribution in [0.1, 0.15) is 50.7 Å². The van der Waals surface area contributed by atoms with E-state index in [9.17, 15) is 24.5 Å². The second kappa shape index (κ2) is 8.47. The van der Waals surface area contributed by atoms with Gasteiger partial charge in [0.05, 0.1) is 10.3 Å². The number of hydrogen-bond donors (Lipinski definition) is 0. The zero-order chi connectivity index (χ0) is 25.7. The fraction of sp³-hybridized carbons (Fsp3) is 0.346. The molecule has 10 nitrogen and oxygen atoms in total. The fourth-order valence-corrected chi connectivity index (χ4v) is 5.18. The average molecular weight is 492 g/mol. The number of anilines is 1. The van der Waals surface area contributed by atoms with E-state index in [0.29, 0.717) is 29.3 Å². The Bertz CT molecular complexity index is 1300. The van der Waals surface area contributed by atoms with Gasteiger partial charge in [-0.2, -0.15) is 0 Å². The molecule has 3 aliphatic rings. The molecule has 1 fully saturated rings. The van der Waals surface area contributed by atoms with E-state index in [1.165, 1.54) is 12.1 Å². The molecule has 0 N–H and O–H groups in total. The molecule has 1 unspecified atom stereocenters. The summed E-state index contributed by atoms with van der Waals surface area (Å²) in [5, 5.41) is 11.8. The summed E-state index contributed by atoms with van der Waals surface area (Å²) in [6.45, 7) is 4.57. The van der Waals surface area contributed by atoms with Gasteiger partial charge in [-0.25, -0.2) is 4.79 Å². The van der Waals surface area contributed by atoms with Crippen LogP contribution in [0.25, 0.3) is 6.08 Å². The van der Waals surface area contributed by atoms with Crippen LogP contribution in [0, 0.1) is 10.1 Å². The Morgan fingerprint density at radius 3 is 2.58 bits per heavy atom. The largest absolute Gasteiger partial charge is 0.463 e. The first-order chi connectivity index (χ1) is 17.1. The molecule has 3 heterocycles. The number of non-ortho nitro benzene ring substituents is 1. The van der Waals surface area contributed by atoms with E-state index < -0.39 is 33.8 Å². The Morgan fingerprint density at radius 2 is 1.86 bits per heavy atom. The number of fused-ring (bicyclic) bond motifs is 2. The predicted octanol–water partition coefficient (Wildman–Crippen LogP) is 3.88. The van der Waals surface area contributed by atoms with E-state index in [4.69, 9.17) is 9.57 Å². The highest BCUT2D eigenvalue weighted by Crippen LogP contribution is 2.55. The Hall–Kier alpha value is -4.21. The van der Waals surface area contributed by atoms with Crippen molar-refractivity contribution in [2.75, 3.05) is 11.4 Å². The number of hydroxylamine groups is 2. The molecule has 3 aliphatic heterocycles. The van der Waals surface area contributed by atoms with Gasteiger partial charge in [0, 0.05) is 49.2 Å². The summed E-state index contributed by atoms with van der Waals surface area (Å²) in [5.41, 5.74) is 1.17. The normalized spacial score (nSPS) is 21.4. The molecule has 0 aromatic heterocycles. The first kappa shape index (κ1) is 23.5. The highest BCUT2D eigenvalue weighted by molar-refractivity contribution is 6.01. The van der Waals surface area contributed by atoms with Crippen molar-refractivity contribution in [2.45, 2.75) is 50.7 Å². The summed E-state index contributed by atoms with van der Waals surface area (Å²) in [6.07, 6.45) is 4.22. The molecule has 2 aromatic carbocycles. The molecule has 5 rings (SSSR count). The van der Waals surface area contributed by atoms with Crippen molar-refractivity contribution in [3.05, 3.63) is 69.8 Å². The number of rotatable bonds is 6. The summed E-state index contributed by atoms with van der Waals surface area (Å²) in [7, 11) is 0. The van der Waals surface area contributed by atoms with E-state index in [1.807, 2.05) is 36.4 Å². The number of nitrogens with zero attached hydrogens (tertiary/aromatic N) is 3. The number of amides is 2. The smallest absolute Gasteiger partial charge is 0.333 e. The highest BCUT2D eigenvalue weighted by atomic mass is 16.7. The average Bonchev–Trinajstić information content (AvgIpc) is 3.25. The molecular weight excluding hydrogens is 466 g/mol. The Kier molecular flexibility index (Phi) is 5.54. The molecule has 36 heavy (non-hydrogen) atoms. The Labute approximate surface area is 207 Å². The van der Waals surface area contributed by atoms with Crippen LogP contribution in [-0.2, 0) is 24.6 Å². The van der Waals surface area contributed by atoms with Crippen molar-refractivity contribution < 1.29 is 28.9 Å². The van der Waals surface area contributed by atoms with Crippen LogP contribution in [0.15, 0.2) is 48.5 Å². The van der Waals surface area contributed by atoms with Gasteiger partial charge in [0.25, 0.3) is 17.5 Å². The number of benzene rings is 2. The fourth-order valence-electron chi connectivity index (χ4n) is 5.18. The molecule has 0 radical (unpaired) electrons. The number of nitro groups is 1. The molecule has 1 atom stereocenters. The summed E-state index contributed by atoms with van der Waals surface area (Å²) in [5.74, 6) is -1.15. The van der Waals surface area contributed by atoms with E-state index in [2.05, 4.69) is 18.7 Å². The van der Waals surface area contributed by atoms with Crippen LogP contribution in [0.4, 0.5) is 11.4 Å². The zero-order valence-electron chi connectivity index (χ0n) is 19.9. The summed E-state index contributed by atoms with van der Waals surface area (Å²) < 4.78 is 6.62.